The van der Waals surface area contributed by atoms with E-state index in [0.29, 0.717) is 30.7 Å². The summed E-state index contributed by atoms with van der Waals surface area (Å²) < 4.78 is 43.0. The Bertz CT molecular complexity index is 2250. The van der Waals surface area contributed by atoms with Crippen molar-refractivity contribution in [3.63, 3.8) is 0 Å². The molecular weight excluding hydrogens is 724 g/mol. The van der Waals surface area contributed by atoms with Crippen molar-refractivity contribution in [2.45, 2.75) is 45.2 Å². The number of benzene rings is 2. The normalized spacial score (nSPS) is 18.7. The van der Waals surface area contributed by atoms with Gasteiger partial charge < -0.3 is 30.7 Å². The first-order valence-electron chi connectivity index (χ1n) is 17.3. The molecule has 3 aliphatic heterocycles. The van der Waals surface area contributed by atoms with E-state index in [2.05, 4.69) is 25.0 Å². The zero-order valence-corrected chi connectivity index (χ0v) is 31.0. The van der Waals surface area contributed by atoms with Crippen LogP contribution in [-0.2, 0) is 4.84 Å². The Hall–Kier alpha value is -5.04. The second kappa shape index (κ2) is 15.1. The van der Waals surface area contributed by atoms with Crippen LogP contribution in [0.25, 0.3) is 32.1 Å². The summed E-state index contributed by atoms with van der Waals surface area (Å²) in [6.07, 6.45) is 7.65. The fourth-order valence-electron chi connectivity index (χ4n) is 7.53. The fourth-order valence-corrected chi connectivity index (χ4v) is 8.82. The molecular formula is C37H38ClF2N9O3S. The molecule has 0 spiro atoms. The number of rotatable bonds is 7. The van der Waals surface area contributed by atoms with E-state index >= 15 is 4.39 Å². The van der Waals surface area contributed by atoms with Crippen LogP contribution in [-0.4, -0.2) is 72.1 Å². The van der Waals surface area contributed by atoms with Gasteiger partial charge in [-0.15, -0.1) is 11.3 Å². The van der Waals surface area contributed by atoms with Crippen molar-refractivity contribution in [3.8, 4) is 29.0 Å². The number of nitrogen functional groups attached to an aromatic ring is 2. The third-order valence-corrected chi connectivity index (χ3v) is 11.4. The average molecular weight is 762 g/mol. The van der Waals surface area contributed by atoms with Gasteiger partial charge in [0.2, 0.25) is 0 Å². The average Bonchev–Trinajstić information content (AvgIpc) is 3.82. The minimum absolute atomic E-state index is 0.0341. The van der Waals surface area contributed by atoms with Gasteiger partial charge in [0, 0.05) is 47.4 Å². The number of methoxy groups -OCH3 is 1. The lowest BCUT2D eigenvalue weighted by molar-refractivity contribution is 0.159. The highest BCUT2D eigenvalue weighted by molar-refractivity contribution is 7.23. The number of halogens is 3. The number of oxime groups is 1. The largest absolute Gasteiger partial charge is 0.489 e. The van der Waals surface area contributed by atoms with Crippen molar-refractivity contribution in [2.75, 3.05) is 56.3 Å². The summed E-state index contributed by atoms with van der Waals surface area (Å²) in [6.45, 7) is 7.56. The Kier molecular flexibility index (Phi) is 10.4. The maximum absolute atomic E-state index is 16.6. The molecule has 2 fully saturated rings. The second-order valence-electron chi connectivity index (χ2n) is 13.0. The predicted octanol–water partition coefficient (Wildman–Crippen LogP) is 7.34. The van der Waals surface area contributed by atoms with Gasteiger partial charge in [-0.1, -0.05) is 28.9 Å². The zero-order chi connectivity index (χ0) is 37.4. The number of pyridine rings is 1. The third kappa shape index (κ3) is 6.60. The van der Waals surface area contributed by atoms with Crippen molar-refractivity contribution in [2.24, 2.45) is 11.1 Å². The summed E-state index contributed by atoms with van der Waals surface area (Å²) >= 11 is 7.79. The van der Waals surface area contributed by atoms with Crippen LogP contribution >= 0.6 is 22.9 Å². The van der Waals surface area contributed by atoms with Gasteiger partial charge in [-0.3, -0.25) is 4.90 Å². The topological polar surface area (TPSA) is 161 Å². The summed E-state index contributed by atoms with van der Waals surface area (Å²) in [5.41, 5.74) is 12.9. The molecule has 0 radical (unpaired) electrons. The number of anilines is 3. The molecule has 0 amide bonds. The molecule has 3 aliphatic rings. The summed E-state index contributed by atoms with van der Waals surface area (Å²) in [7, 11) is 1.38. The van der Waals surface area contributed by atoms with Gasteiger partial charge in [0.25, 0.3) is 0 Å². The Morgan fingerprint density at radius 1 is 1.23 bits per heavy atom. The van der Waals surface area contributed by atoms with Gasteiger partial charge in [-0.05, 0) is 57.4 Å². The molecule has 5 aromatic rings. The number of thiophene rings is 1. The van der Waals surface area contributed by atoms with Crippen LogP contribution in [0.3, 0.4) is 0 Å². The summed E-state index contributed by atoms with van der Waals surface area (Å²) in [4.78, 5) is 22.5. The minimum Gasteiger partial charge on any atom is -0.489 e. The van der Waals surface area contributed by atoms with Gasteiger partial charge in [0.1, 0.15) is 47.3 Å². The van der Waals surface area contributed by atoms with Gasteiger partial charge in [-0.25, -0.2) is 13.8 Å². The first-order valence-corrected chi connectivity index (χ1v) is 18.5. The summed E-state index contributed by atoms with van der Waals surface area (Å²) in [5, 5.41) is 14.2. The molecule has 53 heavy (non-hydrogen) atoms. The van der Waals surface area contributed by atoms with E-state index in [1.54, 1.807) is 12.3 Å². The minimum atomic E-state index is -0.814. The van der Waals surface area contributed by atoms with E-state index in [0.717, 1.165) is 22.9 Å². The van der Waals surface area contributed by atoms with Crippen LogP contribution in [0.15, 0.2) is 35.6 Å². The molecule has 0 saturated carbocycles. The zero-order valence-electron chi connectivity index (χ0n) is 29.4. The lowest BCUT2D eigenvalue weighted by Crippen LogP contribution is -2.31. The van der Waals surface area contributed by atoms with Crippen molar-refractivity contribution >= 4 is 66.8 Å². The first-order chi connectivity index (χ1) is 25.7. The van der Waals surface area contributed by atoms with Gasteiger partial charge in [0.05, 0.1) is 40.4 Å². The number of nitrogens with zero attached hydrogens (tertiary/aromatic N) is 7. The van der Waals surface area contributed by atoms with Gasteiger partial charge >= 0.3 is 6.01 Å². The summed E-state index contributed by atoms with van der Waals surface area (Å²) in [6, 6.07) is 8.60. The highest BCUT2D eigenvalue weighted by atomic mass is 35.5. The molecule has 3 aromatic heterocycles. The van der Waals surface area contributed by atoms with E-state index < -0.39 is 11.6 Å². The first kappa shape index (κ1) is 36.3. The lowest BCUT2D eigenvalue weighted by atomic mass is 9.96. The van der Waals surface area contributed by atoms with Crippen LogP contribution in [0.5, 0.6) is 11.8 Å². The SMILES string of the molecule is CCO/N=C/C1CC2CCCN2C1.COc1nc2c3c(c(Cl)c(-c4ccc(F)c5sc(N)c(C#N)c45)c(F)c3n1)OCCN2C(C)c1cccnc1N. The lowest BCUT2D eigenvalue weighted by Gasteiger charge is -2.30. The highest BCUT2D eigenvalue weighted by Crippen LogP contribution is 2.51. The van der Waals surface area contributed by atoms with E-state index in [1.165, 1.54) is 51.6 Å². The number of hydrogen-bond donors (Lipinski definition) is 2. The van der Waals surface area contributed by atoms with Crippen LogP contribution in [0.4, 0.5) is 25.4 Å². The number of aromatic nitrogens is 3. The Labute approximate surface area is 313 Å². The van der Waals surface area contributed by atoms with Crippen molar-refractivity contribution in [1.29, 1.82) is 5.26 Å². The molecule has 8 rings (SSSR count). The van der Waals surface area contributed by atoms with Crippen LogP contribution in [0.1, 0.15) is 50.3 Å². The Balaban J connectivity index is 0.000000281. The van der Waals surface area contributed by atoms with Crippen molar-refractivity contribution in [3.05, 3.63) is 58.2 Å². The van der Waals surface area contributed by atoms with E-state index in [4.69, 9.17) is 37.4 Å². The Morgan fingerprint density at radius 3 is 2.79 bits per heavy atom. The monoisotopic (exact) mass is 761 g/mol. The van der Waals surface area contributed by atoms with Crippen molar-refractivity contribution < 1.29 is 23.1 Å². The van der Waals surface area contributed by atoms with Gasteiger partial charge in [0.15, 0.2) is 11.6 Å². The number of nitriles is 1. The molecule has 0 aliphatic carbocycles. The molecule has 2 saturated heterocycles. The Morgan fingerprint density at radius 2 is 2.06 bits per heavy atom. The van der Waals surface area contributed by atoms with E-state index in [9.17, 15) is 9.65 Å². The molecule has 4 N–H and O–H groups in total. The molecule has 2 aromatic carbocycles. The molecule has 3 atom stereocenters. The third-order valence-electron chi connectivity index (χ3n) is 9.98. The molecule has 16 heteroatoms. The second-order valence-corrected chi connectivity index (χ2v) is 14.4. The number of fused-ring (bicyclic) bond motifs is 2. The number of hydrogen-bond acceptors (Lipinski definition) is 13. The van der Waals surface area contributed by atoms with E-state index in [-0.39, 0.29) is 72.1 Å². The fraction of sp³-hybridized carbons (Fsp3) is 0.378. The summed E-state index contributed by atoms with van der Waals surface area (Å²) in [5.74, 6) is 0.0659. The molecule has 12 nitrogen and oxygen atoms in total. The van der Waals surface area contributed by atoms with Crippen LogP contribution in [0, 0.1) is 28.9 Å². The molecule has 3 unspecified atom stereocenters. The maximum atomic E-state index is 16.6. The quantitative estimate of drug-likeness (QED) is 0.126. The molecule has 0 bridgehead atoms. The van der Waals surface area contributed by atoms with Crippen LogP contribution in [0.2, 0.25) is 5.02 Å². The maximum Gasteiger partial charge on any atom is 0.318 e. The highest BCUT2D eigenvalue weighted by Gasteiger charge is 2.35. The van der Waals surface area contributed by atoms with Crippen molar-refractivity contribution in [1.82, 2.24) is 19.9 Å². The van der Waals surface area contributed by atoms with Crippen LogP contribution < -0.4 is 25.8 Å². The smallest absolute Gasteiger partial charge is 0.318 e. The molecule has 276 valence electrons. The van der Waals surface area contributed by atoms with E-state index in [1.807, 2.05) is 37.1 Å². The number of nitrogens with two attached hydrogens (primary N) is 2. The standard InChI is InChI=1S/C27H20ClF2N7O2S.C10H18N2O/c1-11(12-4-3-7-34-24(12)32)37-8-9-39-22-18-21(35-27(38-2)36-26(18)37)20(30)17(19(22)28)13-5-6-15(29)23-16(13)14(10-31)25(33)40-23;1-2-13-11-7-9-6-10-4-3-5-12(10)8-9/h3-7,11H,8-9,33H2,1-2H3,(H2,32,34);7,9-10H,2-6,8H2,1H3/b;11-7+. The van der Waals surface area contributed by atoms with Gasteiger partial charge in [-0.2, -0.15) is 15.2 Å². The predicted molar refractivity (Wildman–Crippen MR) is 204 cm³/mol. The number of ether oxygens (including phenoxy) is 2. The molecule has 6 heterocycles.